The minimum absolute atomic E-state index is 0.583. The van der Waals surface area contributed by atoms with Crippen molar-refractivity contribution in [3.05, 3.63) is 0 Å². The van der Waals surface area contributed by atoms with Gasteiger partial charge < -0.3 is 5.11 Å². The maximum absolute atomic E-state index is 10.0. The van der Waals surface area contributed by atoms with Gasteiger partial charge in [-0.2, -0.15) is 0 Å². The molecule has 3 heteroatoms. The van der Waals surface area contributed by atoms with Crippen LogP contribution in [0.15, 0.2) is 0 Å². The number of aliphatic carboxylic acids is 1. The molecule has 0 saturated heterocycles. The maximum Gasteiger partial charge on any atom is 0.308 e. The van der Waals surface area contributed by atoms with Crippen molar-refractivity contribution in [1.82, 2.24) is 0 Å². The quantitative estimate of drug-likeness (QED) is 0.539. The van der Waals surface area contributed by atoms with Crippen LogP contribution in [-0.4, -0.2) is 17.5 Å². The Hall–Kier alpha value is -0.240. The Labute approximate surface area is 60.8 Å². The molecule has 0 atom stereocenters. The molecule has 0 radical (unpaired) electrons. The van der Waals surface area contributed by atoms with Gasteiger partial charge in [-0.05, 0) is 20.8 Å². The highest BCUT2D eigenvalue weighted by molar-refractivity contribution is 6.15. The van der Waals surface area contributed by atoms with Crippen LogP contribution in [0.3, 0.4) is 0 Å². The summed E-state index contributed by atoms with van der Waals surface area (Å²) < 4.78 is 0. The summed E-state index contributed by atoms with van der Waals surface area (Å²) in [6.45, 7) is 4.99. The van der Waals surface area contributed by atoms with Gasteiger partial charge in [0.25, 0.3) is 0 Å². The highest BCUT2D eigenvalue weighted by Gasteiger charge is 2.18. The van der Waals surface area contributed by atoms with Crippen LogP contribution >= 0.6 is 11.6 Å². The lowest BCUT2D eigenvalue weighted by Gasteiger charge is -2.08. The molecule has 0 fully saturated rings. The Kier molecular flexibility index (Phi) is 5.93. The monoisotopic (exact) mass is 152 g/mol. The molecule has 0 unspecified atom stereocenters. The summed E-state index contributed by atoms with van der Waals surface area (Å²) in [5, 5.41) is 8.25. The summed E-state index contributed by atoms with van der Waals surface area (Å²) in [5.41, 5.74) is -0.583. The standard InChI is InChI=1S/C5H10O2.CH3Cl/c1-5(2,3)4(6)7;1-2/h1-3H3,(H,6,7);1H3. The number of hydrogen-bond donors (Lipinski definition) is 1. The van der Waals surface area contributed by atoms with Gasteiger partial charge in [-0.1, -0.05) is 0 Å². The summed E-state index contributed by atoms with van der Waals surface area (Å²) in [7, 11) is 0. The largest absolute Gasteiger partial charge is 0.481 e. The fraction of sp³-hybridized carbons (Fsp3) is 0.833. The van der Waals surface area contributed by atoms with Crippen LogP contribution < -0.4 is 0 Å². The third-order valence-corrected chi connectivity index (χ3v) is 0.642. The zero-order chi connectivity index (χ0) is 8.08. The van der Waals surface area contributed by atoms with E-state index in [0.717, 1.165) is 0 Å². The predicted octanol–water partition coefficient (Wildman–Crippen LogP) is 1.97. The average molecular weight is 153 g/mol. The van der Waals surface area contributed by atoms with Gasteiger partial charge in [-0.15, -0.1) is 11.6 Å². The highest BCUT2D eigenvalue weighted by Crippen LogP contribution is 2.11. The van der Waals surface area contributed by atoms with Crippen molar-refractivity contribution < 1.29 is 9.90 Å². The number of rotatable bonds is 0. The molecule has 0 aliphatic heterocycles. The molecule has 0 aliphatic rings. The molecule has 9 heavy (non-hydrogen) atoms. The molecule has 0 aromatic carbocycles. The molecule has 1 N–H and O–H groups in total. The minimum atomic E-state index is -0.757. The van der Waals surface area contributed by atoms with Crippen LogP contribution in [0.25, 0.3) is 0 Å². The fourth-order valence-corrected chi connectivity index (χ4v) is 0. The van der Waals surface area contributed by atoms with Gasteiger partial charge >= 0.3 is 5.97 Å². The van der Waals surface area contributed by atoms with Gasteiger partial charge in [-0.3, -0.25) is 4.79 Å². The van der Waals surface area contributed by atoms with Crippen LogP contribution in [0.1, 0.15) is 20.8 Å². The van der Waals surface area contributed by atoms with Crippen LogP contribution in [0.2, 0.25) is 0 Å². The molecule has 0 aromatic rings. The highest BCUT2D eigenvalue weighted by atomic mass is 35.5. The fourth-order valence-electron chi connectivity index (χ4n) is 0. The lowest BCUT2D eigenvalue weighted by atomic mass is 9.98. The summed E-state index contributed by atoms with van der Waals surface area (Å²) in [4.78, 5) is 10.0. The normalized spacial score (nSPS) is 9.44. The summed E-state index contributed by atoms with van der Waals surface area (Å²) >= 11 is 4.64. The minimum Gasteiger partial charge on any atom is -0.481 e. The van der Waals surface area contributed by atoms with Gasteiger partial charge in [0.15, 0.2) is 0 Å². The van der Waals surface area contributed by atoms with Crippen molar-refractivity contribution in [2.45, 2.75) is 20.8 Å². The van der Waals surface area contributed by atoms with Crippen molar-refractivity contribution in [1.29, 1.82) is 0 Å². The molecule has 56 valence electrons. The first-order valence-electron chi connectivity index (χ1n) is 2.56. The second-order valence-corrected chi connectivity index (χ2v) is 2.56. The zero-order valence-electron chi connectivity index (χ0n) is 6.23. The van der Waals surface area contributed by atoms with Crippen molar-refractivity contribution in [2.24, 2.45) is 5.41 Å². The van der Waals surface area contributed by atoms with E-state index in [2.05, 4.69) is 11.6 Å². The lowest BCUT2D eigenvalue weighted by Crippen LogP contribution is -2.18. The van der Waals surface area contributed by atoms with E-state index < -0.39 is 11.4 Å². The molecular formula is C6H13ClO2. The van der Waals surface area contributed by atoms with E-state index in [-0.39, 0.29) is 0 Å². The Morgan fingerprint density at radius 1 is 1.33 bits per heavy atom. The van der Waals surface area contributed by atoms with Crippen LogP contribution in [0, 0.1) is 5.41 Å². The first kappa shape index (κ1) is 11.5. The van der Waals surface area contributed by atoms with E-state index in [1.165, 1.54) is 6.38 Å². The van der Waals surface area contributed by atoms with Gasteiger partial charge in [0.05, 0.1) is 5.41 Å². The Morgan fingerprint density at radius 3 is 1.44 bits per heavy atom. The molecule has 0 saturated carbocycles. The molecule has 0 rings (SSSR count). The molecule has 0 bridgehead atoms. The maximum atomic E-state index is 10.0. The van der Waals surface area contributed by atoms with E-state index in [1.54, 1.807) is 20.8 Å². The zero-order valence-corrected chi connectivity index (χ0v) is 6.99. The summed E-state index contributed by atoms with van der Waals surface area (Å²) in [5.74, 6) is -0.757. The Morgan fingerprint density at radius 2 is 1.44 bits per heavy atom. The van der Waals surface area contributed by atoms with E-state index in [9.17, 15) is 4.79 Å². The van der Waals surface area contributed by atoms with Gasteiger partial charge in [0.1, 0.15) is 0 Å². The third-order valence-electron chi connectivity index (χ3n) is 0.642. The number of carbonyl (C=O) groups is 1. The molecule has 0 spiro atoms. The lowest BCUT2D eigenvalue weighted by molar-refractivity contribution is -0.145. The smallest absolute Gasteiger partial charge is 0.308 e. The van der Waals surface area contributed by atoms with E-state index >= 15 is 0 Å². The van der Waals surface area contributed by atoms with E-state index in [1.807, 2.05) is 0 Å². The Bertz CT molecular complexity index is 83.5. The van der Waals surface area contributed by atoms with Crippen molar-refractivity contribution in [2.75, 3.05) is 6.38 Å². The van der Waals surface area contributed by atoms with Crippen molar-refractivity contribution in [3.8, 4) is 0 Å². The second kappa shape index (κ2) is 4.62. The van der Waals surface area contributed by atoms with Crippen LogP contribution in [0.4, 0.5) is 0 Å². The molecule has 0 aliphatic carbocycles. The first-order valence-corrected chi connectivity index (χ1v) is 3.31. The SMILES string of the molecule is CC(C)(C)C(=O)O.CCl. The topological polar surface area (TPSA) is 37.3 Å². The van der Waals surface area contributed by atoms with E-state index in [4.69, 9.17) is 5.11 Å². The number of halogens is 1. The third kappa shape index (κ3) is 7.76. The van der Waals surface area contributed by atoms with E-state index in [0.29, 0.717) is 0 Å². The number of alkyl halides is 1. The van der Waals surface area contributed by atoms with Crippen LogP contribution in [0.5, 0.6) is 0 Å². The average Bonchev–Trinajstić information content (AvgIpc) is 1.69. The molecule has 0 heterocycles. The summed E-state index contributed by atoms with van der Waals surface area (Å²) in [6, 6.07) is 0. The first-order chi connectivity index (χ1) is 3.94. The Balaban J connectivity index is 0. The molecule has 0 amide bonds. The van der Waals surface area contributed by atoms with Crippen molar-refractivity contribution >= 4 is 17.6 Å². The molecule has 2 nitrogen and oxygen atoms in total. The van der Waals surface area contributed by atoms with Crippen molar-refractivity contribution in [3.63, 3.8) is 0 Å². The number of hydrogen-bond acceptors (Lipinski definition) is 1. The van der Waals surface area contributed by atoms with Crippen LogP contribution in [-0.2, 0) is 4.79 Å². The van der Waals surface area contributed by atoms with Gasteiger partial charge in [0, 0.05) is 6.38 Å². The molecular weight excluding hydrogens is 140 g/mol. The predicted molar refractivity (Wildman–Crippen MR) is 38.9 cm³/mol. The summed E-state index contributed by atoms with van der Waals surface area (Å²) in [6.07, 6.45) is 1.47. The van der Waals surface area contributed by atoms with Gasteiger partial charge in [0.2, 0.25) is 0 Å². The van der Waals surface area contributed by atoms with Gasteiger partial charge in [-0.25, -0.2) is 0 Å². The second-order valence-electron chi connectivity index (χ2n) is 2.56. The number of carboxylic acid groups (broad SMARTS) is 1. The molecule has 0 aromatic heterocycles. The number of carboxylic acids is 1.